The van der Waals surface area contributed by atoms with Crippen LogP contribution in [0, 0.1) is 0 Å². The highest BCUT2D eigenvalue weighted by molar-refractivity contribution is 7.88. The van der Waals surface area contributed by atoms with Gasteiger partial charge in [-0.05, 0) is 17.5 Å². The smallest absolute Gasteiger partial charge is 0.261 e. The van der Waals surface area contributed by atoms with Gasteiger partial charge < -0.3 is 5.32 Å². The molecule has 0 bridgehead atoms. The maximum Gasteiger partial charge on any atom is 0.261 e. The van der Waals surface area contributed by atoms with Gasteiger partial charge in [0.2, 0.25) is 10.0 Å². The molecule has 2 aromatic rings. The van der Waals surface area contributed by atoms with Gasteiger partial charge in [-0.25, -0.2) is 13.1 Å². The number of carbonyl (C=O) groups excluding carboxylic acids is 1. The number of sulfonamides is 1. The van der Waals surface area contributed by atoms with Crippen LogP contribution in [-0.2, 0) is 10.0 Å². The highest BCUT2D eigenvalue weighted by Gasteiger charge is 2.09. The number of fused-ring (bicyclic) bond motifs is 1. The van der Waals surface area contributed by atoms with Crippen molar-refractivity contribution in [2.24, 2.45) is 0 Å². The minimum Gasteiger partial charge on any atom is -0.350 e. The van der Waals surface area contributed by atoms with Crippen molar-refractivity contribution in [3.05, 3.63) is 35.2 Å². The number of nitrogens with one attached hydrogen (secondary N) is 2. The van der Waals surface area contributed by atoms with Crippen LogP contribution in [0.5, 0.6) is 0 Å². The summed E-state index contributed by atoms with van der Waals surface area (Å²) in [4.78, 5) is 12.5. The molecule has 0 radical (unpaired) electrons. The van der Waals surface area contributed by atoms with E-state index >= 15 is 0 Å². The zero-order valence-electron chi connectivity index (χ0n) is 10.3. The van der Waals surface area contributed by atoms with Crippen LogP contribution in [0.3, 0.4) is 0 Å². The van der Waals surface area contributed by atoms with Crippen molar-refractivity contribution < 1.29 is 13.2 Å². The van der Waals surface area contributed by atoms with Crippen LogP contribution in [0.4, 0.5) is 0 Å². The molecule has 1 heterocycles. The Morgan fingerprint density at radius 3 is 2.68 bits per heavy atom. The molecule has 0 saturated heterocycles. The van der Waals surface area contributed by atoms with Crippen LogP contribution < -0.4 is 10.0 Å². The molecule has 2 N–H and O–H groups in total. The summed E-state index contributed by atoms with van der Waals surface area (Å²) >= 11 is 1.42. The van der Waals surface area contributed by atoms with E-state index in [0.717, 1.165) is 16.3 Å². The number of rotatable bonds is 5. The van der Waals surface area contributed by atoms with Crippen molar-refractivity contribution in [1.82, 2.24) is 10.0 Å². The average molecular weight is 298 g/mol. The summed E-state index contributed by atoms with van der Waals surface area (Å²) in [5.74, 6) is -0.184. The highest BCUT2D eigenvalue weighted by atomic mass is 32.2. The molecular formula is C12H14N2O3S2. The molecule has 5 nitrogen and oxygen atoms in total. The lowest BCUT2D eigenvalue weighted by atomic mass is 10.2. The van der Waals surface area contributed by atoms with Crippen molar-refractivity contribution >= 4 is 37.4 Å². The third-order valence-corrected chi connectivity index (χ3v) is 4.27. The number of amides is 1. The minimum atomic E-state index is -3.21. The van der Waals surface area contributed by atoms with Gasteiger partial charge in [0, 0.05) is 17.8 Å². The van der Waals surface area contributed by atoms with E-state index in [0.29, 0.717) is 4.88 Å². The molecule has 1 aromatic heterocycles. The Hall–Kier alpha value is -1.44. The number of carbonyl (C=O) groups is 1. The van der Waals surface area contributed by atoms with Gasteiger partial charge in [0.25, 0.3) is 5.91 Å². The molecule has 102 valence electrons. The van der Waals surface area contributed by atoms with E-state index in [9.17, 15) is 13.2 Å². The zero-order valence-corrected chi connectivity index (χ0v) is 12.0. The van der Waals surface area contributed by atoms with E-state index in [1.54, 1.807) is 0 Å². The molecule has 0 aliphatic heterocycles. The second kappa shape index (κ2) is 5.68. The number of hydrogen-bond acceptors (Lipinski definition) is 4. The van der Waals surface area contributed by atoms with Crippen LogP contribution in [-0.4, -0.2) is 33.7 Å². The van der Waals surface area contributed by atoms with Gasteiger partial charge in [0.15, 0.2) is 0 Å². The highest BCUT2D eigenvalue weighted by Crippen LogP contribution is 2.24. The van der Waals surface area contributed by atoms with E-state index in [4.69, 9.17) is 0 Å². The zero-order chi connectivity index (χ0) is 13.9. The SMILES string of the molecule is CS(=O)(=O)NCCNC(=O)c1cc2ccccc2s1. The number of thiophene rings is 1. The van der Waals surface area contributed by atoms with E-state index < -0.39 is 10.0 Å². The minimum absolute atomic E-state index is 0.184. The molecule has 2 rings (SSSR count). The Kier molecular flexibility index (Phi) is 4.18. The Bertz CT molecular complexity index is 659. The fourth-order valence-electron chi connectivity index (χ4n) is 1.59. The first-order valence-corrected chi connectivity index (χ1v) is 8.38. The molecular weight excluding hydrogens is 284 g/mol. The fraction of sp³-hybridized carbons (Fsp3) is 0.250. The van der Waals surface area contributed by atoms with E-state index in [1.807, 2.05) is 30.3 Å². The van der Waals surface area contributed by atoms with Gasteiger partial charge in [-0.3, -0.25) is 4.79 Å². The van der Waals surface area contributed by atoms with Gasteiger partial charge in [-0.2, -0.15) is 0 Å². The molecule has 7 heteroatoms. The van der Waals surface area contributed by atoms with Crippen molar-refractivity contribution in [3.8, 4) is 0 Å². The summed E-state index contributed by atoms with van der Waals surface area (Å²) in [6.45, 7) is 0.454. The van der Waals surface area contributed by atoms with Crippen molar-refractivity contribution in [1.29, 1.82) is 0 Å². The molecule has 0 fully saturated rings. The molecule has 1 aromatic carbocycles. The van der Waals surface area contributed by atoms with Crippen molar-refractivity contribution in [2.45, 2.75) is 0 Å². The lowest BCUT2D eigenvalue weighted by molar-refractivity contribution is 0.0958. The van der Waals surface area contributed by atoms with Gasteiger partial charge in [-0.15, -0.1) is 11.3 Å². The normalized spacial score (nSPS) is 11.6. The Morgan fingerprint density at radius 2 is 2.00 bits per heavy atom. The van der Waals surface area contributed by atoms with E-state index in [2.05, 4.69) is 10.0 Å². The van der Waals surface area contributed by atoms with Gasteiger partial charge in [0.05, 0.1) is 11.1 Å². The topological polar surface area (TPSA) is 75.3 Å². The van der Waals surface area contributed by atoms with Crippen LogP contribution >= 0.6 is 11.3 Å². The quantitative estimate of drug-likeness (QED) is 0.814. The number of benzene rings is 1. The monoisotopic (exact) mass is 298 g/mol. The molecule has 0 spiro atoms. The molecule has 0 saturated carbocycles. The largest absolute Gasteiger partial charge is 0.350 e. The first-order chi connectivity index (χ1) is 8.96. The van der Waals surface area contributed by atoms with E-state index in [1.165, 1.54) is 11.3 Å². The van der Waals surface area contributed by atoms with E-state index in [-0.39, 0.29) is 19.0 Å². The van der Waals surface area contributed by atoms with Crippen LogP contribution in [0.15, 0.2) is 30.3 Å². The third kappa shape index (κ3) is 4.02. The van der Waals surface area contributed by atoms with Crippen LogP contribution in [0.25, 0.3) is 10.1 Å². The molecule has 0 aliphatic rings. The second-order valence-corrected chi connectivity index (χ2v) is 6.99. The van der Waals surface area contributed by atoms with Crippen LogP contribution in [0.1, 0.15) is 9.67 Å². The summed E-state index contributed by atoms with van der Waals surface area (Å²) in [7, 11) is -3.21. The second-order valence-electron chi connectivity index (χ2n) is 4.07. The number of hydrogen-bond donors (Lipinski definition) is 2. The van der Waals surface area contributed by atoms with Gasteiger partial charge in [0.1, 0.15) is 0 Å². The first kappa shape index (κ1) is 14.0. The van der Waals surface area contributed by atoms with Gasteiger partial charge >= 0.3 is 0 Å². The Labute approximate surface area is 115 Å². The fourth-order valence-corrected chi connectivity index (χ4v) is 3.05. The van der Waals surface area contributed by atoms with Gasteiger partial charge in [-0.1, -0.05) is 18.2 Å². The first-order valence-electron chi connectivity index (χ1n) is 5.67. The van der Waals surface area contributed by atoms with Crippen LogP contribution in [0.2, 0.25) is 0 Å². The molecule has 0 atom stereocenters. The summed E-state index contributed by atoms with van der Waals surface area (Å²) < 4.78 is 25.1. The Morgan fingerprint density at radius 1 is 1.26 bits per heavy atom. The summed E-state index contributed by atoms with van der Waals surface area (Å²) in [6, 6.07) is 9.60. The third-order valence-electron chi connectivity index (χ3n) is 2.42. The summed E-state index contributed by atoms with van der Waals surface area (Å²) in [5, 5.41) is 3.71. The Balaban J connectivity index is 1.93. The lowest BCUT2D eigenvalue weighted by Crippen LogP contribution is -2.33. The maximum absolute atomic E-state index is 11.9. The summed E-state index contributed by atoms with van der Waals surface area (Å²) in [5.41, 5.74) is 0. The molecule has 0 unspecified atom stereocenters. The molecule has 19 heavy (non-hydrogen) atoms. The molecule has 1 amide bonds. The standard InChI is InChI=1S/C12H14N2O3S2/c1-19(16,17)14-7-6-13-12(15)11-8-9-4-2-3-5-10(9)18-11/h2-5,8,14H,6-7H2,1H3,(H,13,15). The maximum atomic E-state index is 11.9. The summed E-state index contributed by atoms with van der Waals surface area (Å²) in [6.07, 6.45) is 1.08. The van der Waals surface area contributed by atoms with Crippen molar-refractivity contribution in [3.63, 3.8) is 0 Å². The average Bonchev–Trinajstić information content (AvgIpc) is 2.77. The lowest BCUT2D eigenvalue weighted by Gasteiger charge is -2.03. The predicted octanol–water partition coefficient (Wildman–Crippen LogP) is 1.18. The molecule has 0 aliphatic carbocycles. The van der Waals surface area contributed by atoms with Crippen molar-refractivity contribution in [2.75, 3.05) is 19.3 Å². The predicted molar refractivity (Wildman–Crippen MR) is 77.0 cm³/mol.